The van der Waals surface area contributed by atoms with Crippen molar-refractivity contribution in [3.63, 3.8) is 0 Å². The van der Waals surface area contributed by atoms with Gasteiger partial charge < -0.3 is 9.47 Å². The van der Waals surface area contributed by atoms with E-state index in [0.717, 1.165) is 188 Å². The van der Waals surface area contributed by atoms with Gasteiger partial charge in [0.25, 0.3) is 0 Å². The lowest BCUT2D eigenvalue weighted by Crippen LogP contribution is -2.19. The van der Waals surface area contributed by atoms with Gasteiger partial charge in [0.2, 0.25) is 0 Å². The number of benzene rings is 10. The Hall–Kier alpha value is -10.7. The summed E-state index contributed by atoms with van der Waals surface area (Å²) < 4.78 is 150. The summed E-state index contributed by atoms with van der Waals surface area (Å²) in [6.45, 7) is 3.74. The largest absolute Gasteiger partial charge is 0.356 e. The molecule has 0 spiro atoms. The lowest BCUT2D eigenvalue weighted by Gasteiger charge is -2.23. The topological polar surface area (TPSA) is 104 Å². The van der Waals surface area contributed by atoms with Crippen molar-refractivity contribution in [2.45, 2.75) is 122 Å². The van der Waals surface area contributed by atoms with Gasteiger partial charge in [-0.05, 0) is 341 Å². The Labute approximate surface area is 698 Å². The Morgan fingerprint density at radius 1 is 0.385 bits per heavy atom. The van der Waals surface area contributed by atoms with Gasteiger partial charge in [0.1, 0.15) is 65.6 Å². The van der Waals surface area contributed by atoms with Gasteiger partial charge in [0.05, 0.1) is 42.1 Å². The number of pyridine rings is 1. The van der Waals surface area contributed by atoms with Crippen LogP contribution < -0.4 is 0 Å². The fourth-order valence-corrected chi connectivity index (χ4v) is 15.8. The van der Waals surface area contributed by atoms with Gasteiger partial charge >= 0.3 is 0 Å². The number of hydrogen-bond acceptors (Lipinski definition) is 8. The van der Waals surface area contributed by atoms with Crippen LogP contribution in [0.3, 0.4) is 0 Å². The summed E-state index contributed by atoms with van der Waals surface area (Å²) in [5.41, 5.74) is 19.2. The van der Waals surface area contributed by atoms with Crippen LogP contribution in [0.25, 0.3) is 34.0 Å². The molecule has 0 saturated carbocycles. The molecule has 5 aliphatic rings. The first-order chi connectivity index (χ1) is 56.8. The Balaban J connectivity index is 0.000000123. The molecule has 0 radical (unpaired) electrons. The summed E-state index contributed by atoms with van der Waals surface area (Å²) in [6, 6.07) is 54.6. The van der Waals surface area contributed by atoms with Crippen molar-refractivity contribution in [2.24, 2.45) is 15.0 Å². The second-order valence-electron chi connectivity index (χ2n) is 29.0. The number of rotatable bonds is 16. The van der Waals surface area contributed by atoms with Crippen molar-refractivity contribution >= 4 is 95.3 Å². The summed E-state index contributed by atoms with van der Waals surface area (Å²) in [6.07, 6.45) is 21.0. The van der Waals surface area contributed by atoms with Gasteiger partial charge in [-0.25, -0.2) is 53.3 Å². The number of hydrogen-bond donors (Lipinski definition) is 0. The SMILES string of the molecule is Fc1cc(F)cc(C#Cc2ccc3c(c2)C=NC3)c1.Fc1cc(F)cc(CCc2ccc3c(c2)C(I)=NC3)c1.Fc1cc(F)cc(CCc2ccc3c(c2)C=NC3)c1.Fc1cc(F)cc(CCc2ccc3c(c2)c(/C=C/c2ccccn2)nn3C2CCCCO2)c1.Fc1cc(F)cc(CCc2ccc3c(c2)c(I)nn3C2CCCCO2)c1. The maximum atomic E-state index is 13.5. The molecule has 2 saturated heterocycles. The third-order valence-electron chi connectivity index (χ3n) is 20.3. The van der Waals surface area contributed by atoms with Crippen LogP contribution in [0, 0.1) is 73.7 Å². The number of halogens is 12. The average Bonchev–Trinajstić information content (AvgIpc) is 1.64. The minimum Gasteiger partial charge on any atom is -0.356 e. The molecule has 8 heterocycles. The van der Waals surface area contributed by atoms with Gasteiger partial charge in [-0.15, -0.1) is 0 Å². The first-order valence-corrected chi connectivity index (χ1v) is 40.8. The highest BCUT2D eigenvalue weighted by atomic mass is 127. The fourth-order valence-electron chi connectivity index (χ4n) is 14.5. The van der Waals surface area contributed by atoms with E-state index in [1.165, 1.54) is 88.5 Å². The van der Waals surface area contributed by atoms with Crippen molar-refractivity contribution in [1.29, 1.82) is 0 Å². The molecule has 0 bridgehead atoms. The van der Waals surface area contributed by atoms with Crippen LogP contribution in [0.15, 0.2) is 221 Å². The summed E-state index contributed by atoms with van der Waals surface area (Å²) in [5.74, 6) is 0.200. The van der Waals surface area contributed by atoms with Crippen LogP contribution in [-0.4, -0.2) is 53.9 Å². The Morgan fingerprint density at radius 2 is 0.812 bits per heavy atom. The van der Waals surface area contributed by atoms with Crippen molar-refractivity contribution in [3.8, 4) is 11.8 Å². The minimum atomic E-state index is -0.620. The van der Waals surface area contributed by atoms with Gasteiger partial charge in [-0.1, -0.05) is 60.4 Å². The average molecular weight is 1810 g/mol. The predicted molar refractivity (Wildman–Crippen MR) is 457 cm³/mol. The van der Waals surface area contributed by atoms with E-state index in [2.05, 4.69) is 155 Å². The van der Waals surface area contributed by atoms with Gasteiger partial charge in [0.15, 0.2) is 12.5 Å². The van der Waals surface area contributed by atoms with Gasteiger partial charge in [-0.2, -0.15) is 10.2 Å². The lowest BCUT2D eigenvalue weighted by molar-refractivity contribution is -0.0369. The summed E-state index contributed by atoms with van der Waals surface area (Å²) in [5, 5.41) is 11.7. The third-order valence-corrected chi connectivity index (χ3v) is 22.0. The van der Waals surface area contributed by atoms with Gasteiger partial charge in [-0.3, -0.25) is 20.0 Å². The van der Waals surface area contributed by atoms with Crippen LogP contribution in [0.5, 0.6) is 0 Å². The molecule has 2 unspecified atom stereocenters. The monoisotopic (exact) mass is 1810 g/mol. The molecule has 10 nitrogen and oxygen atoms in total. The van der Waals surface area contributed by atoms with E-state index < -0.39 is 58.2 Å². The number of fused-ring (bicyclic) bond motifs is 5. The van der Waals surface area contributed by atoms with E-state index in [1.807, 2.05) is 70.3 Å². The molecule has 0 aliphatic carbocycles. The molecule has 5 aliphatic heterocycles. The molecule has 2 atom stereocenters. The minimum absolute atomic E-state index is 0.0101. The zero-order valence-electron chi connectivity index (χ0n) is 63.5. The van der Waals surface area contributed by atoms with Crippen molar-refractivity contribution in [3.05, 3.63) is 369 Å². The molecular formula is C95H78F10I2N8O2. The van der Waals surface area contributed by atoms with Gasteiger partial charge in [0, 0.05) is 89.6 Å². The summed E-state index contributed by atoms with van der Waals surface area (Å²) in [7, 11) is 0. The van der Waals surface area contributed by atoms with Crippen LogP contribution in [0.4, 0.5) is 43.9 Å². The molecule has 18 rings (SSSR count). The molecule has 594 valence electrons. The van der Waals surface area contributed by atoms with Crippen molar-refractivity contribution < 1.29 is 53.4 Å². The van der Waals surface area contributed by atoms with E-state index in [9.17, 15) is 43.9 Å². The molecular weight excluding hydrogens is 1730 g/mol. The van der Waals surface area contributed by atoms with E-state index in [1.54, 1.807) is 6.20 Å². The lowest BCUT2D eigenvalue weighted by atomic mass is 10.0. The first kappa shape index (κ1) is 82.8. The zero-order chi connectivity index (χ0) is 81.3. The second kappa shape index (κ2) is 39.5. The van der Waals surface area contributed by atoms with Crippen molar-refractivity contribution in [1.82, 2.24) is 24.5 Å². The highest BCUT2D eigenvalue weighted by molar-refractivity contribution is 14.1. The number of aryl methyl sites for hydroxylation is 8. The normalized spacial score (nSPS) is 14.9. The Kier molecular flexibility index (Phi) is 27.9. The molecule has 22 heteroatoms. The molecule has 10 aromatic carbocycles. The number of aliphatic imine (C=N–C) groups is 3. The smallest absolute Gasteiger partial charge is 0.150 e. The summed E-state index contributed by atoms with van der Waals surface area (Å²) in [4.78, 5) is 17.1. The van der Waals surface area contributed by atoms with Crippen molar-refractivity contribution in [2.75, 3.05) is 13.2 Å². The van der Waals surface area contributed by atoms with Crippen LogP contribution in [0.2, 0.25) is 0 Å². The highest BCUT2D eigenvalue weighted by Gasteiger charge is 2.24. The van der Waals surface area contributed by atoms with E-state index in [0.29, 0.717) is 66.5 Å². The standard InChI is InChI=1S/C27H25F2N3O.C20H19F2IN2O.C16H12F2IN.C16H13F2N.C16H9F2N/c28-21-15-20(16-22(29)18-21)8-7-19-9-12-26-24(17-19)25(11-10-23-5-1-3-13-30-23)31-32(26)27-6-2-4-14-33-27;21-15-9-14(10-16(22)12-15)5-4-13-6-7-18-17(11-13)20(23)24-25(18)19-3-1-2-8-26-19;17-13-5-11(6-14(18)8-13)2-1-10-3-4-12-9-20-16(19)15(12)7-10;2*17-15-6-12(7-16(18)8-15)2-1-11-3-4-13-9-19-10-14(13)5-11/h1,3,5,9-13,15-18,27H,2,4,6-8,14H2;6-7,9-12,19H,1-5,8H2;3-8H,1-2,9H2;3-8,10H,1-2,9H2;3-8,10H,9H2/b11-10+;;;;. The van der Waals surface area contributed by atoms with E-state index in [-0.39, 0.29) is 12.5 Å². The maximum absolute atomic E-state index is 13.5. The zero-order valence-corrected chi connectivity index (χ0v) is 67.8. The second-order valence-corrected chi connectivity index (χ2v) is 31.0. The quantitative estimate of drug-likeness (QED) is 0.0544. The number of ether oxygens (including phenoxy) is 2. The van der Waals surface area contributed by atoms with Crippen LogP contribution in [-0.2, 0) is 80.5 Å². The van der Waals surface area contributed by atoms with Crippen LogP contribution in [0.1, 0.15) is 151 Å². The first-order valence-electron chi connectivity index (χ1n) is 38.6. The van der Waals surface area contributed by atoms with Crippen LogP contribution >= 0.6 is 45.2 Å². The molecule has 117 heavy (non-hydrogen) atoms. The molecule has 2 fully saturated rings. The van der Waals surface area contributed by atoms with E-state index in [4.69, 9.17) is 14.6 Å². The Morgan fingerprint density at radius 3 is 1.31 bits per heavy atom. The molecule has 0 amide bonds. The van der Waals surface area contributed by atoms with E-state index >= 15 is 0 Å². The highest BCUT2D eigenvalue weighted by Crippen LogP contribution is 2.34. The predicted octanol–water partition coefficient (Wildman–Crippen LogP) is 23.2. The molecule has 3 aromatic heterocycles. The number of nitrogens with zero attached hydrogens (tertiary/aromatic N) is 8. The number of aromatic nitrogens is 5. The maximum Gasteiger partial charge on any atom is 0.150 e. The third kappa shape index (κ3) is 22.9. The Bertz CT molecular complexity index is 5840. The summed E-state index contributed by atoms with van der Waals surface area (Å²) >= 11 is 4.49. The fraction of sp³-hybridized carbons (Fsp3) is 0.221. The molecule has 0 N–H and O–H groups in total. The molecule has 13 aromatic rings.